The second-order valence-electron chi connectivity index (χ2n) is 7.91. The Morgan fingerprint density at radius 2 is 1.82 bits per heavy atom. The van der Waals surface area contributed by atoms with Crippen molar-refractivity contribution in [2.24, 2.45) is 5.92 Å². The fourth-order valence-corrected chi connectivity index (χ4v) is 3.83. The summed E-state index contributed by atoms with van der Waals surface area (Å²) in [6.07, 6.45) is 0.0780. The Labute approximate surface area is 196 Å². The first-order valence-corrected chi connectivity index (χ1v) is 11.1. The van der Waals surface area contributed by atoms with E-state index in [1.807, 2.05) is 31.2 Å². The molecule has 4 rings (SSSR count). The Morgan fingerprint density at radius 3 is 2.53 bits per heavy atom. The Kier molecular flexibility index (Phi) is 7.01. The van der Waals surface area contributed by atoms with Crippen LogP contribution in [-0.4, -0.2) is 41.3 Å². The van der Waals surface area contributed by atoms with Gasteiger partial charge in [-0.25, -0.2) is 9.07 Å². The minimum absolute atomic E-state index is 0.0780. The summed E-state index contributed by atoms with van der Waals surface area (Å²) in [5.41, 5.74) is 1.75. The van der Waals surface area contributed by atoms with Gasteiger partial charge >= 0.3 is 0 Å². The molecule has 0 bridgehead atoms. The molecule has 1 saturated heterocycles. The van der Waals surface area contributed by atoms with Crippen LogP contribution in [0.2, 0.25) is 0 Å². The Morgan fingerprint density at radius 1 is 1.09 bits per heavy atom. The van der Waals surface area contributed by atoms with Gasteiger partial charge in [0.2, 0.25) is 11.8 Å². The topological polar surface area (TPSA) is 93.5 Å². The molecule has 1 aromatic heterocycles. The first-order chi connectivity index (χ1) is 16.4. The Hall–Kier alpha value is -4.01. The van der Waals surface area contributed by atoms with Crippen molar-refractivity contribution in [3.8, 4) is 17.0 Å². The molecule has 0 aliphatic carbocycles. The zero-order valence-electron chi connectivity index (χ0n) is 18.7. The third kappa shape index (κ3) is 5.31. The fourth-order valence-electron chi connectivity index (χ4n) is 3.83. The number of anilines is 1. The number of nitrogens with one attached hydrogen (secondary N) is 1. The highest BCUT2D eigenvalue weighted by molar-refractivity contribution is 6.00. The summed E-state index contributed by atoms with van der Waals surface area (Å²) >= 11 is 0. The molecular weight excluding hydrogens is 439 g/mol. The maximum atomic E-state index is 13.1. The summed E-state index contributed by atoms with van der Waals surface area (Å²) < 4.78 is 19.9. The van der Waals surface area contributed by atoms with Crippen molar-refractivity contribution in [1.29, 1.82) is 0 Å². The molecular formula is C25H25FN4O4. The molecule has 2 aromatic carbocycles. The number of carbonyl (C=O) groups excluding carboxylic acids is 2. The zero-order valence-corrected chi connectivity index (χ0v) is 18.7. The minimum atomic E-state index is -0.516. The average molecular weight is 464 g/mol. The third-order valence-corrected chi connectivity index (χ3v) is 5.58. The lowest BCUT2D eigenvalue weighted by Gasteiger charge is -2.16. The first-order valence-electron chi connectivity index (χ1n) is 11.1. The summed E-state index contributed by atoms with van der Waals surface area (Å²) in [6.45, 7) is 3.10. The maximum Gasteiger partial charge on any atom is 0.266 e. The normalized spacial score (nSPS) is 15.4. The molecule has 1 aliphatic heterocycles. The highest BCUT2D eigenvalue weighted by Crippen LogP contribution is 2.25. The molecule has 2 amide bonds. The second-order valence-corrected chi connectivity index (χ2v) is 7.91. The molecule has 9 heteroatoms. The molecule has 1 N–H and O–H groups in total. The highest BCUT2D eigenvalue weighted by atomic mass is 19.1. The number of benzene rings is 2. The standard InChI is InChI=1S/C25H25FN4O4/c1-2-34-21-9-3-17(4-10-21)22-11-12-23(31)30(28-22)14-13-27-25(33)18-15-24(32)29(16-18)20-7-5-19(26)6-8-20/h3-12,18H,2,13-16H2,1H3,(H,27,33). The van der Waals surface area contributed by atoms with Gasteiger partial charge in [0, 0.05) is 36.8 Å². The van der Waals surface area contributed by atoms with Crippen molar-refractivity contribution in [1.82, 2.24) is 15.1 Å². The van der Waals surface area contributed by atoms with Crippen LogP contribution in [0.1, 0.15) is 13.3 Å². The second kappa shape index (κ2) is 10.3. The van der Waals surface area contributed by atoms with E-state index < -0.39 is 5.92 Å². The van der Waals surface area contributed by atoms with Crippen LogP contribution < -0.4 is 20.5 Å². The van der Waals surface area contributed by atoms with E-state index in [1.54, 1.807) is 6.07 Å². The molecule has 34 heavy (non-hydrogen) atoms. The van der Waals surface area contributed by atoms with E-state index in [0.717, 1.165) is 11.3 Å². The molecule has 3 aromatic rings. The molecule has 1 aliphatic rings. The van der Waals surface area contributed by atoms with Gasteiger partial charge in [-0.05, 0) is 61.5 Å². The van der Waals surface area contributed by atoms with Gasteiger partial charge in [0.15, 0.2) is 0 Å². The highest BCUT2D eigenvalue weighted by Gasteiger charge is 2.34. The summed E-state index contributed by atoms with van der Waals surface area (Å²) in [6, 6.07) is 16.1. The van der Waals surface area contributed by atoms with Gasteiger partial charge in [0.25, 0.3) is 5.56 Å². The number of nitrogens with zero attached hydrogens (tertiary/aromatic N) is 3. The predicted molar refractivity (Wildman–Crippen MR) is 125 cm³/mol. The molecule has 0 spiro atoms. The van der Waals surface area contributed by atoms with Crippen molar-refractivity contribution in [3.05, 3.63) is 76.8 Å². The van der Waals surface area contributed by atoms with Crippen molar-refractivity contribution in [2.75, 3.05) is 24.6 Å². The van der Waals surface area contributed by atoms with Gasteiger partial charge in [-0.15, -0.1) is 0 Å². The van der Waals surface area contributed by atoms with Gasteiger partial charge in [-0.1, -0.05) is 0 Å². The molecule has 2 heterocycles. The monoisotopic (exact) mass is 464 g/mol. The van der Waals surface area contributed by atoms with Gasteiger partial charge in [0.1, 0.15) is 11.6 Å². The summed E-state index contributed by atoms with van der Waals surface area (Å²) in [5, 5.41) is 7.19. The van der Waals surface area contributed by atoms with E-state index in [1.165, 1.54) is 39.9 Å². The first kappa shape index (κ1) is 23.2. The number of hydrogen-bond donors (Lipinski definition) is 1. The Balaban J connectivity index is 1.34. The van der Waals surface area contributed by atoms with E-state index in [9.17, 15) is 18.8 Å². The van der Waals surface area contributed by atoms with Crippen LogP contribution in [0.25, 0.3) is 11.3 Å². The number of aromatic nitrogens is 2. The van der Waals surface area contributed by atoms with E-state index in [-0.39, 0.29) is 49.2 Å². The average Bonchev–Trinajstić information content (AvgIpc) is 3.23. The number of rotatable bonds is 8. The van der Waals surface area contributed by atoms with Crippen molar-refractivity contribution in [3.63, 3.8) is 0 Å². The lowest BCUT2D eigenvalue weighted by atomic mass is 10.1. The SMILES string of the molecule is CCOc1ccc(-c2ccc(=O)n(CCNC(=O)C3CC(=O)N(c4ccc(F)cc4)C3)n2)cc1. The number of amides is 2. The largest absolute Gasteiger partial charge is 0.494 e. The smallest absolute Gasteiger partial charge is 0.266 e. The molecule has 176 valence electrons. The minimum Gasteiger partial charge on any atom is -0.494 e. The van der Waals surface area contributed by atoms with Crippen LogP contribution in [0.5, 0.6) is 5.75 Å². The summed E-state index contributed by atoms with van der Waals surface area (Å²) in [4.78, 5) is 38.6. The number of ether oxygens (including phenoxy) is 1. The van der Waals surface area contributed by atoms with Crippen LogP contribution in [0.15, 0.2) is 65.5 Å². The molecule has 1 fully saturated rings. The number of halogens is 1. The van der Waals surface area contributed by atoms with E-state index in [4.69, 9.17) is 4.74 Å². The van der Waals surface area contributed by atoms with E-state index in [0.29, 0.717) is 18.0 Å². The van der Waals surface area contributed by atoms with Gasteiger partial charge < -0.3 is 15.0 Å². The predicted octanol–water partition coefficient (Wildman–Crippen LogP) is 2.62. The van der Waals surface area contributed by atoms with Crippen LogP contribution >= 0.6 is 0 Å². The van der Waals surface area contributed by atoms with Crippen LogP contribution in [0.3, 0.4) is 0 Å². The van der Waals surface area contributed by atoms with Crippen LogP contribution in [0.4, 0.5) is 10.1 Å². The van der Waals surface area contributed by atoms with Gasteiger partial charge in [-0.2, -0.15) is 5.10 Å². The molecule has 0 radical (unpaired) electrons. The Bertz CT molecular complexity index is 1220. The van der Waals surface area contributed by atoms with Crippen molar-refractivity contribution >= 4 is 17.5 Å². The van der Waals surface area contributed by atoms with Gasteiger partial charge in [-0.3, -0.25) is 14.4 Å². The van der Waals surface area contributed by atoms with Crippen molar-refractivity contribution < 1.29 is 18.7 Å². The quantitative estimate of drug-likeness (QED) is 0.553. The number of carbonyl (C=O) groups is 2. The van der Waals surface area contributed by atoms with E-state index >= 15 is 0 Å². The zero-order chi connectivity index (χ0) is 24.1. The lowest BCUT2D eigenvalue weighted by Crippen LogP contribution is -2.36. The summed E-state index contributed by atoms with van der Waals surface area (Å²) in [7, 11) is 0. The van der Waals surface area contributed by atoms with Crippen LogP contribution in [0, 0.1) is 11.7 Å². The molecule has 1 unspecified atom stereocenters. The summed E-state index contributed by atoms with van der Waals surface area (Å²) in [5.74, 6) is -0.607. The third-order valence-electron chi connectivity index (χ3n) is 5.58. The van der Waals surface area contributed by atoms with Crippen LogP contribution in [-0.2, 0) is 16.1 Å². The fraction of sp³-hybridized carbons (Fsp3) is 0.280. The maximum absolute atomic E-state index is 13.1. The lowest BCUT2D eigenvalue weighted by molar-refractivity contribution is -0.126. The number of hydrogen-bond acceptors (Lipinski definition) is 5. The molecule has 1 atom stereocenters. The molecule has 0 saturated carbocycles. The van der Waals surface area contributed by atoms with Gasteiger partial charge in [0.05, 0.1) is 24.8 Å². The van der Waals surface area contributed by atoms with Crippen molar-refractivity contribution in [2.45, 2.75) is 19.9 Å². The molecule has 8 nitrogen and oxygen atoms in total. The van der Waals surface area contributed by atoms with E-state index in [2.05, 4.69) is 10.4 Å².